The van der Waals surface area contributed by atoms with E-state index in [9.17, 15) is 4.79 Å². The summed E-state index contributed by atoms with van der Waals surface area (Å²) in [5, 5.41) is 12.0. The Balaban J connectivity index is 2.61. The minimum atomic E-state index is -0.327. The zero-order valence-electron chi connectivity index (χ0n) is 9.07. The number of benzene rings is 1. The van der Waals surface area contributed by atoms with Crippen molar-refractivity contribution in [3.63, 3.8) is 0 Å². The molecule has 2 N–H and O–H groups in total. The number of aliphatic hydroxyl groups is 1. The highest BCUT2D eigenvalue weighted by molar-refractivity contribution is 6.31. The first-order chi connectivity index (χ1) is 8.19. The van der Waals surface area contributed by atoms with Gasteiger partial charge in [0.15, 0.2) is 6.61 Å². The Labute approximate surface area is 105 Å². The Morgan fingerprint density at radius 1 is 1.59 bits per heavy atom. The number of nitrogens with one attached hydrogen (secondary N) is 1. The van der Waals surface area contributed by atoms with Crippen molar-refractivity contribution in [3.05, 3.63) is 28.8 Å². The van der Waals surface area contributed by atoms with Gasteiger partial charge in [0, 0.05) is 10.6 Å². The minimum Gasteiger partial charge on any atom is -0.483 e. The maximum absolute atomic E-state index is 11.2. The molecule has 0 aliphatic heterocycles. The van der Waals surface area contributed by atoms with E-state index in [0.717, 1.165) is 0 Å². The highest BCUT2D eigenvalue weighted by atomic mass is 35.5. The van der Waals surface area contributed by atoms with Crippen molar-refractivity contribution >= 4 is 17.5 Å². The van der Waals surface area contributed by atoms with E-state index < -0.39 is 0 Å². The summed E-state index contributed by atoms with van der Waals surface area (Å²) in [4.78, 5) is 11.2. The number of terminal acetylenes is 1. The largest absolute Gasteiger partial charge is 0.483 e. The third-order valence-electron chi connectivity index (χ3n) is 1.98. The molecule has 0 saturated carbocycles. The predicted octanol–water partition coefficient (Wildman–Crippen LogP) is 0.960. The van der Waals surface area contributed by atoms with Crippen LogP contribution in [0, 0.1) is 12.3 Å². The van der Waals surface area contributed by atoms with Gasteiger partial charge < -0.3 is 15.2 Å². The molecule has 90 valence electrons. The number of carbonyl (C=O) groups is 1. The van der Waals surface area contributed by atoms with Gasteiger partial charge in [-0.05, 0) is 12.1 Å². The first-order valence-electron chi connectivity index (χ1n) is 4.90. The quantitative estimate of drug-likeness (QED) is 0.769. The zero-order chi connectivity index (χ0) is 12.7. The molecule has 0 bridgehead atoms. The maximum Gasteiger partial charge on any atom is 0.258 e. The van der Waals surface area contributed by atoms with E-state index in [4.69, 9.17) is 27.9 Å². The van der Waals surface area contributed by atoms with Gasteiger partial charge >= 0.3 is 0 Å². The Morgan fingerprint density at radius 3 is 3.00 bits per heavy atom. The SMILES string of the molecule is C#CCNC(=O)COc1cccc(Cl)c1CO. The van der Waals surface area contributed by atoms with Crippen molar-refractivity contribution in [2.45, 2.75) is 6.61 Å². The number of amides is 1. The van der Waals surface area contributed by atoms with Crippen molar-refractivity contribution in [1.29, 1.82) is 0 Å². The standard InChI is InChI=1S/C12H12ClNO3/c1-2-6-14-12(16)8-17-11-5-3-4-10(13)9(11)7-15/h1,3-5,15H,6-8H2,(H,14,16). The molecule has 1 amide bonds. The second-order valence-electron chi connectivity index (χ2n) is 3.14. The molecule has 0 aromatic heterocycles. The van der Waals surface area contributed by atoms with E-state index in [2.05, 4.69) is 11.2 Å². The van der Waals surface area contributed by atoms with Crippen LogP contribution in [-0.2, 0) is 11.4 Å². The predicted molar refractivity (Wildman–Crippen MR) is 64.7 cm³/mol. The summed E-state index contributed by atoms with van der Waals surface area (Å²) < 4.78 is 5.24. The molecule has 5 heteroatoms. The maximum atomic E-state index is 11.2. The Hall–Kier alpha value is -1.70. The van der Waals surface area contributed by atoms with Gasteiger partial charge in [-0.3, -0.25) is 4.79 Å². The fourth-order valence-corrected chi connectivity index (χ4v) is 1.40. The van der Waals surface area contributed by atoms with Crippen LogP contribution in [0.15, 0.2) is 18.2 Å². The third-order valence-corrected chi connectivity index (χ3v) is 2.33. The molecule has 1 rings (SSSR count). The van der Waals surface area contributed by atoms with Gasteiger partial charge in [0.25, 0.3) is 5.91 Å². The molecular weight excluding hydrogens is 242 g/mol. The highest BCUT2D eigenvalue weighted by Gasteiger charge is 2.08. The molecule has 0 heterocycles. The first kappa shape index (κ1) is 13.4. The minimum absolute atomic E-state index is 0.157. The Morgan fingerprint density at radius 2 is 2.35 bits per heavy atom. The summed E-state index contributed by atoms with van der Waals surface area (Å²) in [5.74, 6) is 2.34. The van der Waals surface area contributed by atoms with Crippen molar-refractivity contribution < 1.29 is 14.6 Å². The third kappa shape index (κ3) is 3.99. The summed E-state index contributed by atoms with van der Waals surface area (Å²) in [5.41, 5.74) is 0.457. The van der Waals surface area contributed by atoms with E-state index in [0.29, 0.717) is 16.3 Å². The van der Waals surface area contributed by atoms with Crippen molar-refractivity contribution in [2.24, 2.45) is 0 Å². The summed E-state index contributed by atoms with van der Waals surface area (Å²) in [6, 6.07) is 4.94. The molecule has 0 fully saturated rings. The van der Waals surface area contributed by atoms with Gasteiger partial charge in [0.2, 0.25) is 0 Å². The van der Waals surface area contributed by atoms with Gasteiger partial charge in [0.05, 0.1) is 13.2 Å². The average Bonchev–Trinajstić information content (AvgIpc) is 2.33. The van der Waals surface area contributed by atoms with Crippen LogP contribution in [0.3, 0.4) is 0 Å². The zero-order valence-corrected chi connectivity index (χ0v) is 9.83. The molecule has 0 radical (unpaired) electrons. The lowest BCUT2D eigenvalue weighted by molar-refractivity contribution is -0.122. The van der Waals surface area contributed by atoms with Crippen LogP contribution in [0.25, 0.3) is 0 Å². The molecule has 0 unspecified atom stereocenters. The molecule has 0 aliphatic carbocycles. The molecule has 1 aromatic rings. The summed E-state index contributed by atoms with van der Waals surface area (Å²) in [6.45, 7) is -0.263. The van der Waals surface area contributed by atoms with Crippen LogP contribution >= 0.6 is 11.6 Å². The molecule has 0 spiro atoms. The van der Waals surface area contributed by atoms with Crippen LogP contribution in [0.5, 0.6) is 5.75 Å². The number of rotatable bonds is 5. The van der Waals surface area contributed by atoms with E-state index in [-0.39, 0.29) is 25.7 Å². The number of ether oxygens (including phenoxy) is 1. The van der Waals surface area contributed by atoms with E-state index in [1.807, 2.05) is 0 Å². The van der Waals surface area contributed by atoms with Crippen molar-refractivity contribution in [2.75, 3.05) is 13.2 Å². The number of hydrogen-bond donors (Lipinski definition) is 2. The van der Waals surface area contributed by atoms with Crippen LogP contribution in [0.1, 0.15) is 5.56 Å². The van der Waals surface area contributed by atoms with E-state index in [1.54, 1.807) is 18.2 Å². The van der Waals surface area contributed by atoms with Gasteiger partial charge in [-0.15, -0.1) is 6.42 Å². The van der Waals surface area contributed by atoms with Crippen LogP contribution in [0.4, 0.5) is 0 Å². The van der Waals surface area contributed by atoms with Crippen LogP contribution in [0.2, 0.25) is 5.02 Å². The first-order valence-corrected chi connectivity index (χ1v) is 5.28. The Kier molecular flexibility index (Phi) is 5.34. The number of hydrogen-bond acceptors (Lipinski definition) is 3. The normalized spacial score (nSPS) is 9.47. The van der Waals surface area contributed by atoms with Crippen LogP contribution < -0.4 is 10.1 Å². The lowest BCUT2D eigenvalue weighted by atomic mass is 10.2. The summed E-state index contributed by atoms with van der Waals surface area (Å²) in [6.07, 6.45) is 4.99. The van der Waals surface area contributed by atoms with Gasteiger partial charge in [0.1, 0.15) is 5.75 Å². The second-order valence-corrected chi connectivity index (χ2v) is 3.55. The fourth-order valence-electron chi connectivity index (χ4n) is 1.17. The smallest absolute Gasteiger partial charge is 0.258 e. The monoisotopic (exact) mass is 253 g/mol. The summed E-state index contributed by atoms with van der Waals surface area (Å²) >= 11 is 5.86. The molecule has 0 saturated heterocycles. The summed E-state index contributed by atoms with van der Waals surface area (Å²) in [7, 11) is 0. The van der Waals surface area contributed by atoms with Crippen molar-refractivity contribution in [1.82, 2.24) is 5.32 Å². The topological polar surface area (TPSA) is 58.6 Å². The molecule has 4 nitrogen and oxygen atoms in total. The Bertz CT molecular complexity index is 440. The van der Waals surface area contributed by atoms with Gasteiger partial charge in [-0.1, -0.05) is 23.6 Å². The van der Waals surface area contributed by atoms with Gasteiger partial charge in [-0.2, -0.15) is 0 Å². The molecule has 0 atom stereocenters. The van der Waals surface area contributed by atoms with Crippen LogP contribution in [-0.4, -0.2) is 24.2 Å². The number of carbonyl (C=O) groups excluding carboxylic acids is 1. The van der Waals surface area contributed by atoms with E-state index in [1.165, 1.54) is 0 Å². The highest BCUT2D eigenvalue weighted by Crippen LogP contribution is 2.26. The molecule has 0 aliphatic rings. The molecule has 17 heavy (non-hydrogen) atoms. The van der Waals surface area contributed by atoms with E-state index >= 15 is 0 Å². The lowest BCUT2D eigenvalue weighted by Crippen LogP contribution is -2.29. The van der Waals surface area contributed by atoms with Gasteiger partial charge in [-0.25, -0.2) is 0 Å². The van der Waals surface area contributed by atoms with Crippen molar-refractivity contribution in [3.8, 4) is 18.1 Å². The lowest BCUT2D eigenvalue weighted by Gasteiger charge is -2.10. The second kappa shape index (κ2) is 6.79. The fraction of sp³-hybridized carbons (Fsp3) is 0.250. The molecular formula is C12H12ClNO3. The number of halogens is 1. The average molecular weight is 254 g/mol. The molecule has 1 aromatic carbocycles. The number of aliphatic hydroxyl groups excluding tert-OH is 1.